The fourth-order valence-corrected chi connectivity index (χ4v) is 2.50. The molecule has 0 radical (unpaired) electrons. The van der Waals surface area contributed by atoms with Crippen molar-refractivity contribution < 1.29 is 14.1 Å². The summed E-state index contributed by atoms with van der Waals surface area (Å²) in [7, 11) is 0. The zero-order valence-corrected chi connectivity index (χ0v) is 13.5. The number of ketones is 1. The lowest BCUT2D eigenvalue weighted by Gasteiger charge is -2.04. The molecule has 0 amide bonds. The van der Waals surface area contributed by atoms with Crippen LogP contribution >= 0.6 is 0 Å². The third-order valence-corrected chi connectivity index (χ3v) is 3.85. The average Bonchev–Trinajstić information content (AvgIpc) is 3.04. The molecule has 1 heterocycles. The number of nitro groups is 1. The summed E-state index contributed by atoms with van der Waals surface area (Å²) < 4.78 is 5.23. The van der Waals surface area contributed by atoms with Gasteiger partial charge in [-0.15, -0.1) is 0 Å². The highest BCUT2D eigenvalue weighted by Gasteiger charge is 2.21. The van der Waals surface area contributed by atoms with E-state index in [-0.39, 0.29) is 17.0 Å². The highest BCUT2D eigenvalue weighted by molar-refractivity contribution is 6.11. The first kappa shape index (κ1) is 16.4. The molecule has 5 heteroatoms. The van der Waals surface area contributed by atoms with Gasteiger partial charge in [0.05, 0.1) is 11.2 Å². The summed E-state index contributed by atoms with van der Waals surface area (Å²) in [6.45, 7) is 1.85. The van der Waals surface area contributed by atoms with Gasteiger partial charge in [0.1, 0.15) is 11.3 Å². The average molecular weight is 333 g/mol. The Balaban J connectivity index is 2.01. The van der Waals surface area contributed by atoms with Gasteiger partial charge in [0.15, 0.2) is 5.78 Å². The van der Waals surface area contributed by atoms with Crippen LogP contribution in [-0.4, -0.2) is 10.7 Å². The number of hydrogen-bond acceptors (Lipinski definition) is 4. The summed E-state index contributed by atoms with van der Waals surface area (Å²) in [6, 6.07) is 14.9. The van der Waals surface area contributed by atoms with Crippen LogP contribution in [0.2, 0.25) is 0 Å². The standard InChI is InChI=1S/C20H15NO4/c1-14-16(11-12-25-14)9-7-15-8-10-19(21(23)24)18(13-15)20(22)17-5-3-2-4-6-17/h2-13H,1H3. The molecule has 124 valence electrons. The molecule has 0 unspecified atom stereocenters. The second kappa shape index (κ2) is 6.97. The largest absolute Gasteiger partial charge is 0.469 e. The first-order chi connectivity index (χ1) is 12.1. The van der Waals surface area contributed by atoms with Crippen LogP contribution in [0.15, 0.2) is 65.3 Å². The predicted molar refractivity (Wildman–Crippen MR) is 95.3 cm³/mol. The SMILES string of the molecule is Cc1occc1C=Cc1ccc([N+](=O)[O-])c(C(=O)c2ccccc2)c1. The fourth-order valence-electron chi connectivity index (χ4n) is 2.50. The maximum atomic E-state index is 12.7. The first-order valence-electron chi connectivity index (χ1n) is 7.66. The van der Waals surface area contributed by atoms with Crippen LogP contribution < -0.4 is 0 Å². The van der Waals surface area contributed by atoms with E-state index in [1.165, 1.54) is 6.07 Å². The maximum absolute atomic E-state index is 12.7. The van der Waals surface area contributed by atoms with Gasteiger partial charge in [-0.3, -0.25) is 14.9 Å². The zero-order valence-electron chi connectivity index (χ0n) is 13.5. The van der Waals surface area contributed by atoms with Crippen LogP contribution in [0.25, 0.3) is 12.2 Å². The fraction of sp³-hybridized carbons (Fsp3) is 0.0500. The molecule has 0 saturated carbocycles. The molecule has 0 bridgehead atoms. The third-order valence-electron chi connectivity index (χ3n) is 3.85. The molecule has 0 aliphatic rings. The Morgan fingerprint density at radius 2 is 1.84 bits per heavy atom. The van der Waals surface area contributed by atoms with Crippen molar-refractivity contribution in [2.45, 2.75) is 6.92 Å². The molecule has 1 aromatic heterocycles. The first-order valence-corrected chi connectivity index (χ1v) is 7.66. The van der Waals surface area contributed by atoms with E-state index in [1.807, 2.05) is 19.1 Å². The van der Waals surface area contributed by atoms with E-state index >= 15 is 0 Å². The topological polar surface area (TPSA) is 73.3 Å². The summed E-state index contributed by atoms with van der Waals surface area (Å²) in [4.78, 5) is 23.4. The highest BCUT2D eigenvalue weighted by atomic mass is 16.6. The summed E-state index contributed by atoms with van der Waals surface area (Å²) in [5, 5.41) is 11.3. The lowest BCUT2D eigenvalue weighted by Crippen LogP contribution is -2.05. The van der Waals surface area contributed by atoms with E-state index in [0.29, 0.717) is 11.1 Å². The van der Waals surface area contributed by atoms with E-state index in [9.17, 15) is 14.9 Å². The number of nitrogens with zero attached hydrogens (tertiary/aromatic N) is 1. The van der Waals surface area contributed by atoms with Gasteiger partial charge < -0.3 is 4.42 Å². The summed E-state index contributed by atoms with van der Waals surface area (Å²) >= 11 is 0. The number of hydrogen-bond donors (Lipinski definition) is 0. The van der Waals surface area contributed by atoms with Crippen LogP contribution in [0, 0.1) is 17.0 Å². The van der Waals surface area contributed by atoms with E-state index in [4.69, 9.17) is 4.42 Å². The molecule has 25 heavy (non-hydrogen) atoms. The number of benzene rings is 2. The van der Waals surface area contributed by atoms with Gasteiger partial charge in [0.2, 0.25) is 0 Å². The highest BCUT2D eigenvalue weighted by Crippen LogP contribution is 2.24. The van der Waals surface area contributed by atoms with Crippen molar-refractivity contribution in [2.75, 3.05) is 0 Å². The van der Waals surface area contributed by atoms with Gasteiger partial charge in [0, 0.05) is 17.2 Å². The molecular formula is C20H15NO4. The van der Waals surface area contributed by atoms with Gasteiger partial charge >= 0.3 is 0 Å². The minimum Gasteiger partial charge on any atom is -0.469 e. The van der Waals surface area contributed by atoms with Crippen molar-refractivity contribution in [3.63, 3.8) is 0 Å². The Bertz CT molecular complexity index is 955. The predicted octanol–water partition coefficient (Wildman–Crippen LogP) is 4.90. The Kier molecular flexibility index (Phi) is 4.57. The molecule has 0 aliphatic heterocycles. The lowest BCUT2D eigenvalue weighted by molar-refractivity contribution is -0.385. The Labute approximate surface area is 144 Å². The third kappa shape index (κ3) is 3.55. The quantitative estimate of drug-likeness (QED) is 0.378. The maximum Gasteiger partial charge on any atom is 0.280 e. The molecule has 0 atom stereocenters. The molecule has 0 spiro atoms. The number of aryl methyl sites for hydroxylation is 1. The van der Waals surface area contributed by atoms with Gasteiger partial charge in [-0.2, -0.15) is 0 Å². The molecule has 0 aliphatic carbocycles. The van der Waals surface area contributed by atoms with Crippen LogP contribution in [0.4, 0.5) is 5.69 Å². The second-order valence-corrected chi connectivity index (χ2v) is 5.49. The van der Waals surface area contributed by atoms with Crippen LogP contribution in [0.5, 0.6) is 0 Å². The van der Waals surface area contributed by atoms with Crippen molar-refractivity contribution in [3.8, 4) is 0 Å². The molecule has 0 saturated heterocycles. The van der Waals surface area contributed by atoms with Gasteiger partial charge in [-0.05, 0) is 30.7 Å². The van der Waals surface area contributed by atoms with Crippen molar-refractivity contribution >= 4 is 23.6 Å². The van der Waals surface area contributed by atoms with E-state index in [1.54, 1.807) is 54.8 Å². The molecular weight excluding hydrogens is 318 g/mol. The number of rotatable bonds is 5. The van der Waals surface area contributed by atoms with Crippen LogP contribution in [-0.2, 0) is 0 Å². The number of carbonyl (C=O) groups is 1. The smallest absolute Gasteiger partial charge is 0.280 e. The minimum absolute atomic E-state index is 0.0715. The lowest BCUT2D eigenvalue weighted by atomic mass is 9.99. The normalized spacial score (nSPS) is 10.9. The molecule has 5 nitrogen and oxygen atoms in total. The molecule has 3 rings (SSSR count). The van der Waals surface area contributed by atoms with Crippen molar-refractivity contribution in [3.05, 3.63) is 99.0 Å². The van der Waals surface area contributed by atoms with E-state index in [2.05, 4.69) is 0 Å². The van der Waals surface area contributed by atoms with E-state index in [0.717, 1.165) is 11.3 Å². The monoisotopic (exact) mass is 333 g/mol. The van der Waals surface area contributed by atoms with Crippen molar-refractivity contribution in [1.82, 2.24) is 0 Å². The minimum atomic E-state index is -0.538. The van der Waals surface area contributed by atoms with Crippen LogP contribution in [0.3, 0.4) is 0 Å². The van der Waals surface area contributed by atoms with Crippen molar-refractivity contribution in [1.29, 1.82) is 0 Å². The van der Waals surface area contributed by atoms with Gasteiger partial charge in [-0.1, -0.05) is 42.5 Å². The number of furan rings is 1. The van der Waals surface area contributed by atoms with Crippen LogP contribution in [0.1, 0.15) is 32.8 Å². The van der Waals surface area contributed by atoms with Gasteiger partial charge in [-0.25, -0.2) is 0 Å². The summed E-state index contributed by atoms with van der Waals surface area (Å²) in [5.41, 5.74) is 1.89. The Morgan fingerprint density at radius 3 is 2.48 bits per heavy atom. The number of carbonyl (C=O) groups excluding carboxylic acids is 1. The zero-order chi connectivity index (χ0) is 17.8. The molecule has 2 aromatic carbocycles. The summed E-state index contributed by atoms with van der Waals surface area (Å²) in [5.74, 6) is 0.404. The molecule has 3 aromatic rings. The molecule has 0 fully saturated rings. The molecule has 0 N–H and O–H groups in total. The Morgan fingerprint density at radius 1 is 1.08 bits per heavy atom. The van der Waals surface area contributed by atoms with Gasteiger partial charge in [0.25, 0.3) is 5.69 Å². The second-order valence-electron chi connectivity index (χ2n) is 5.49. The van der Waals surface area contributed by atoms with Crippen molar-refractivity contribution in [2.24, 2.45) is 0 Å². The number of nitro benzene ring substituents is 1. The summed E-state index contributed by atoms with van der Waals surface area (Å²) in [6.07, 6.45) is 5.23. The Hall–Kier alpha value is -3.47. The van der Waals surface area contributed by atoms with E-state index < -0.39 is 4.92 Å².